The molecular weight excluding hydrogens is 345 g/mol. The molecular formula is C16H20ClF3N2O2. The molecule has 1 unspecified atom stereocenters. The highest BCUT2D eigenvalue weighted by molar-refractivity contribution is 5.85. The summed E-state index contributed by atoms with van der Waals surface area (Å²) in [7, 11) is 0. The number of hydrogen-bond donors (Lipinski definition) is 2. The molecule has 1 aliphatic carbocycles. The Morgan fingerprint density at radius 3 is 2.46 bits per heavy atom. The third-order valence-corrected chi connectivity index (χ3v) is 4.73. The first-order chi connectivity index (χ1) is 10.9. The fourth-order valence-corrected chi connectivity index (χ4v) is 3.32. The van der Waals surface area contributed by atoms with Gasteiger partial charge in [-0.2, -0.15) is 0 Å². The van der Waals surface area contributed by atoms with Crippen LogP contribution in [-0.4, -0.2) is 25.4 Å². The normalized spacial score (nSPS) is 21.7. The van der Waals surface area contributed by atoms with Gasteiger partial charge in [0, 0.05) is 12.5 Å². The van der Waals surface area contributed by atoms with Crippen molar-refractivity contribution < 1.29 is 22.7 Å². The molecule has 24 heavy (non-hydrogen) atoms. The molecule has 0 aromatic heterocycles. The average molecular weight is 365 g/mol. The van der Waals surface area contributed by atoms with E-state index in [1.807, 2.05) is 0 Å². The zero-order chi connectivity index (χ0) is 16.5. The Labute approximate surface area is 144 Å². The van der Waals surface area contributed by atoms with Gasteiger partial charge in [-0.3, -0.25) is 4.79 Å². The minimum absolute atomic E-state index is 0. The Balaban J connectivity index is 0.00000208. The maximum Gasteiger partial charge on any atom is 0.573 e. The highest BCUT2D eigenvalue weighted by Crippen LogP contribution is 2.58. The number of rotatable bonds is 4. The van der Waals surface area contributed by atoms with Gasteiger partial charge in [-0.1, -0.05) is 12.1 Å². The fraction of sp³-hybridized carbons (Fsp3) is 0.562. The number of halogens is 4. The van der Waals surface area contributed by atoms with Gasteiger partial charge in [0.15, 0.2) is 0 Å². The predicted molar refractivity (Wildman–Crippen MR) is 84.9 cm³/mol. The quantitative estimate of drug-likeness (QED) is 0.863. The summed E-state index contributed by atoms with van der Waals surface area (Å²) in [5.74, 6) is -0.136. The van der Waals surface area contributed by atoms with Crippen LogP contribution < -0.4 is 15.4 Å². The number of alkyl halides is 3. The van der Waals surface area contributed by atoms with Crippen LogP contribution in [0.5, 0.6) is 5.75 Å². The van der Waals surface area contributed by atoms with E-state index in [1.54, 1.807) is 0 Å². The lowest BCUT2D eigenvalue weighted by molar-refractivity contribution is -0.274. The molecule has 1 aliphatic heterocycles. The van der Waals surface area contributed by atoms with Crippen molar-refractivity contribution >= 4 is 18.3 Å². The summed E-state index contributed by atoms with van der Waals surface area (Å²) >= 11 is 0. The van der Waals surface area contributed by atoms with Crippen molar-refractivity contribution in [3.8, 4) is 5.75 Å². The molecule has 0 radical (unpaired) electrons. The number of hydrogen-bond acceptors (Lipinski definition) is 3. The Morgan fingerprint density at radius 1 is 1.25 bits per heavy atom. The van der Waals surface area contributed by atoms with Crippen molar-refractivity contribution in [1.29, 1.82) is 0 Å². The molecule has 8 heteroatoms. The summed E-state index contributed by atoms with van der Waals surface area (Å²) in [6, 6.07) is 5.55. The van der Waals surface area contributed by atoms with E-state index >= 15 is 0 Å². The molecule has 1 aromatic carbocycles. The minimum Gasteiger partial charge on any atom is -0.406 e. The van der Waals surface area contributed by atoms with Gasteiger partial charge < -0.3 is 15.4 Å². The first-order valence-corrected chi connectivity index (χ1v) is 7.71. The molecule has 1 aromatic rings. The monoisotopic (exact) mass is 364 g/mol. The lowest BCUT2D eigenvalue weighted by Crippen LogP contribution is -2.33. The minimum atomic E-state index is -4.69. The predicted octanol–water partition coefficient (Wildman–Crippen LogP) is 3.01. The number of carbonyl (C=O) groups is 1. The summed E-state index contributed by atoms with van der Waals surface area (Å²) in [5, 5.41) is 6.17. The number of amides is 1. The maximum absolute atomic E-state index is 12.2. The van der Waals surface area contributed by atoms with Gasteiger partial charge in [0.1, 0.15) is 5.75 Å². The number of benzene rings is 1. The van der Waals surface area contributed by atoms with Gasteiger partial charge in [-0.25, -0.2) is 0 Å². The first kappa shape index (κ1) is 18.9. The van der Waals surface area contributed by atoms with Gasteiger partial charge >= 0.3 is 6.36 Å². The van der Waals surface area contributed by atoms with Crippen LogP contribution in [0, 0.1) is 11.3 Å². The van der Waals surface area contributed by atoms with E-state index in [9.17, 15) is 18.0 Å². The van der Waals surface area contributed by atoms with Crippen molar-refractivity contribution in [2.45, 2.75) is 32.2 Å². The zero-order valence-electron chi connectivity index (χ0n) is 13.0. The first-order valence-electron chi connectivity index (χ1n) is 7.71. The van der Waals surface area contributed by atoms with E-state index in [4.69, 9.17) is 0 Å². The van der Waals surface area contributed by atoms with E-state index in [1.165, 1.54) is 24.3 Å². The summed E-state index contributed by atoms with van der Waals surface area (Å²) in [5.41, 5.74) is 0.924. The summed E-state index contributed by atoms with van der Waals surface area (Å²) in [6.45, 7) is 2.24. The largest absolute Gasteiger partial charge is 0.573 e. The van der Waals surface area contributed by atoms with E-state index in [2.05, 4.69) is 15.4 Å². The Hall–Kier alpha value is -1.47. The molecule has 4 nitrogen and oxygen atoms in total. The number of carbonyl (C=O) groups excluding carboxylic acids is 1. The second-order valence-electron chi connectivity index (χ2n) is 6.28. The smallest absolute Gasteiger partial charge is 0.406 e. The highest BCUT2D eigenvalue weighted by atomic mass is 35.5. The van der Waals surface area contributed by atoms with Crippen molar-refractivity contribution in [2.75, 3.05) is 13.1 Å². The van der Waals surface area contributed by atoms with Crippen LogP contribution >= 0.6 is 12.4 Å². The van der Waals surface area contributed by atoms with Crippen LogP contribution in [0.2, 0.25) is 0 Å². The summed E-state index contributed by atoms with van der Waals surface area (Å²) in [4.78, 5) is 12.2. The van der Waals surface area contributed by atoms with Crippen LogP contribution in [0.25, 0.3) is 0 Å². The van der Waals surface area contributed by atoms with Gasteiger partial charge in [-0.15, -0.1) is 25.6 Å². The molecule has 1 saturated carbocycles. The van der Waals surface area contributed by atoms with Gasteiger partial charge in [0.2, 0.25) is 5.91 Å². The molecule has 1 saturated heterocycles. The van der Waals surface area contributed by atoms with Crippen molar-refractivity contribution in [2.24, 2.45) is 11.3 Å². The number of ether oxygens (including phenoxy) is 1. The lowest BCUT2D eigenvalue weighted by atomic mass is 9.92. The molecule has 0 bridgehead atoms. The average Bonchev–Trinajstić information content (AvgIpc) is 3.19. The van der Waals surface area contributed by atoms with Gasteiger partial charge in [0.05, 0.1) is 0 Å². The van der Waals surface area contributed by atoms with Crippen LogP contribution in [0.4, 0.5) is 13.2 Å². The van der Waals surface area contributed by atoms with Crippen molar-refractivity contribution in [1.82, 2.24) is 10.6 Å². The fourth-order valence-electron chi connectivity index (χ4n) is 3.32. The second kappa shape index (κ2) is 7.19. The van der Waals surface area contributed by atoms with Crippen LogP contribution in [0.3, 0.4) is 0 Å². The zero-order valence-corrected chi connectivity index (χ0v) is 13.8. The van der Waals surface area contributed by atoms with E-state index < -0.39 is 6.36 Å². The Bertz CT molecular complexity index is 572. The molecule has 134 valence electrons. The summed E-state index contributed by atoms with van der Waals surface area (Å²) < 4.78 is 40.1. The van der Waals surface area contributed by atoms with E-state index in [0.29, 0.717) is 6.54 Å². The van der Waals surface area contributed by atoms with Gasteiger partial charge in [-0.05, 0) is 55.5 Å². The van der Waals surface area contributed by atoms with Crippen molar-refractivity contribution in [3.63, 3.8) is 0 Å². The third kappa shape index (κ3) is 4.54. The third-order valence-electron chi connectivity index (χ3n) is 4.73. The number of piperidine rings is 1. The molecule has 2 aliphatic rings. The maximum atomic E-state index is 12.2. The SMILES string of the molecule is Cl.O=C(NCc1ccc(OC(F)(F)F)cc1)C1CC12CCNCC2. The summed E-state index contributed by atoms with van der Waals surface area (Å²) in [6.07, 6.45) is -1.67. The number of nitrogens with one attached hydrogen (secondary N) is 2. The second-order valence-corrected chi connectivity index (χ2v) is 6.28. The highest BCUT2D eigenvalue weighted by Gasteiger charge is 2.57. The van der Waals surface area contributed by atoms with E-state index in [-0.39, 0.29) is 35.4 Å². The van der Waals surface area contributed by atoms with Crippen LogP contribution in [-0.2, 0) is 11.3 Å². The van der Waals surface area contributed by atoms with E-state index in [0.717, 1.165) is 37.9 Å². The molecule has 3 rings (SSSR count). The standard InChI is InChI=1S/C16H19F3N2O2.ClH/c17-16(18,19)23-12-3-1-11(2-4-12)10-21-14(22)13-9-15(13)5-7-20-8-6-15;/h1-4,13,20H,5-10H2,(H,21,22);1H. The molecule has 1 spiro atoms. The molecule has 1 atom stereocenters. The van der Waals surface area contributed by atoms with Crippen molar-refractivity contribution in [3.05, 3.63) is 29.8 Å². The van der Waals surface area contributed by atoms with Crippen LogP contribution in [0.15, 0.2) is 24.3 Å². The Kier molecular flexibility index (Phi) is 5.65. The molecule has 1 heterocycles. The molecule has 2 fully saturated rings. The Morgan fingerprint density at radius 2 is 1.88 bits per heavy atom. The topological polar surface area (TPSA) is 50.4 Å². The molecule has 1 amide bonds. The van der Waals surface area contributed by atoms with Gasteiger partial charge in [0.25, 0.3) is 0 Å². The lowest BCUT2D eigenvalue weighted by Gasteiger charge is -2.23. The molecule has 2 N–H and O–H groups in total. The van der Waals surface area contributed by atoms with Crippen LogP contribution in [0.1, 0.15) is 24.8 Å².